The van der Waals surface area contributed by atoms with Crippen LogP contribution >= 0.6 is 0 Å². The molecule has 0 aliphatic carbocycles. The second-order valence-corrected chi connectivity index (χ2v) is 4.77. The monoisotopic (exact) mass is 225 g/mol. The van der Waals surface area contributed by atoms with E-state index < -0.39 is 0 Å². The average Bonchev–Trinajstić information content (AvgIpc) is 2.38. The third kappa shape index (κ3) is 1.70. The van der Waals surface area contributed by atoms with Gasteiger partial charge in [0.2, 0.25) is 5.69 Å². The van der Waals surface area contributed by atoms with Crippen molar-refractivity contribution in [3.8, 4) is 11.3 Å². The molecule has 0 radical (unpaired) electrons. The summed E-state index contributed by atoms with van der Waals surface area (Å²) in [5.74, 6) is 0. The van der Waals surface area contributed by atoms with Crippen LogP contribution in [0.5, 0.6) is 0 Å². The van der Waals surface area contributed by atoms with E-state index in [-0.39, 0.29) is 0 Å². The Morgan fingerprint density at radius 2 is 2.00 bits per heavy atom. The molecule has 1 aromatic heterocycles. The third-order valence-electron chi connectivity index (χ3n) is 3.45. The van der Waals surface area contributed by atoms with E-state index in [0.29, 0.717) is 0 Å². The van der Waals surface area contributed by atoms with E-state index >= 15 is 0 Å². The van der Waals surface area contributed by atoms with Gasteiger partial charge in [-0.3, -0.25) is 0 Å². The summed E-state index contributed by atoms with van der Waals surface area (Å²) in [5.41, 5.74) is 5.43. The molecular weight excluding hydrogens is 208 g/mol. The van der Waals surface area contributed by atoms with Crippen LogP contribution in [-0.2, 0) is 13.0 Å². The minimum Gasteiger partial charge on any atom is -0.378 e. The Bertz CT molecular complexity index is 559. The lowest BCUT2D eigenvalue weighted by molar-refractivity contribution is -0.687. The average molecular weight is 225 g/mol. The molecule has 0 saturated carbocycles. The SMILES string of the molecule is CN(C)c1ccc2c(c1)-c1cccc[n+]1CC2. The van der Waals surface area contributed by atoms with Gasteiger partial charge in [0.25, 0.3) is 0 Å². The largest absolute Gasteiger partial charge is 0.378 e. The van der Waals surface area contributed by atoms with Crippen molar-refractivity contribution >= 4 is 5.69 Å². The quantitative estimate of drug-likeness (QED) is 0.675. The zero-order chi connectivity index (χ0) is 11.8. The highest BCUT2D eigenvalue weighted by Crippen LogP contribution is 2.28. The zero-order valence-electron chi connectivity index (χ0n) is 10.4. The first-order valence-electron chi connectivity index (χ1n) is 6.05. The minimum atomic E-state index is 1.09. The Morgan fingerprint density at radius 1 is 1.12 bits per heavy atom. The van der Waals surface area contributed by atoms with Gasteiger partial charge >= 0.3 is 0 Å². The van der Waals surface area contributed by atoms with E-state index in [4.69, 9.17) is 0 Å². The van der Waals surface area contributed by atoms with Crippen LogP contribution in [0.3, 0.4) is 0 Å². The molecule has 0 saturated heterocycles. The highest BCUT2D eigenvalue weighted by molar-refractivity contribution is 5.68. The molecule has 1 aliphatic heterocycles. The molecule has 3 rings (SSSR count). The summed E-state index contributed by atoms with van der Waals surface area (Å²) < 4.78 is 2.34. The number of hydrogen-bond donors (Lipinski definition) is 0. The van der Waals surface area contributed by atoms with E-state index in [0.717, 1.165) is 13.0 Å². The summed E-state index contributed by atoms with van der Waals surface area (Å²) in [6.07, 6.45) is 3.30. The van der Waals surface area contributed by atoms with Crippen molar-refractivity contribution < 1.29 is 4.57 Å². The van der Waals surface area contributed by atoms with Crippen LogP contribution in [0.2, 0.25) is 0 Å². The molecule has 0 atom stereocenters. The molecule has 0 fully saturated rings. The van der Waals surface area contributed by atoms with E-state index in [9.17, 15) is 0 Å². The van der Waals surface area contributed by atoms with Crippen LogP contribution in [0.25, 0.3) is 11.3 Å². The zero-order valence-corrected chi connectivity index (χ0v) is 10.4. The first-order chi connectivity index (χ1) is 8.25. The first kappa shape index (κ1) is 10.3. The minimum absolute atomic E-state index is 1.09. The molecule has 0 spiro atoms. The number of rotatable bonds is 1. The van der Waals surface area contributed by atoms with Crippen molar-refractivity contribution in [2.24, 2.45) is 0 Å². The van der Waals surface area contributed by atoms with Crippen LogP contribution in [-0.4, -0.2) is 14.1 Å². The van der Waals surface area contributed by atoms with Gasteiger partial charge in [-0.1, -0.05) is 6.07 Å². The molecular formula is C15H17N2+. The van der Waals surface area contributed by atoms with Crippen molar-refractivity contribution in [2.45, 2.75) is 13.0 Å². The van der Waals surface area contributed by atoms with E-state index in [1.165, 1.54) is 22.5 Å². The molecule has 0 bridgehead atoms. The van der Waals surface area contributed by atoms with E-state index in [1.54, 1.807) is 0 Å². The number of aromatic nitrogens is 1. The maximum Gasteiger partial charge on any atom is 0.212 e. The van der Waals surface area contributed by atoms with Gasteiger partial charge in [0.15, 0.2) is 12.7 Å². The molecule has 1 aromatic carbocycles. The molecule has 2 heterocycles. The Balaban J connectivity index is 2.19. The fourth-order valence-corrected chi connectivity index (χ4v) is 2.46. The van der Waals surface area contributed by atoms with Crippen molar-refractivity contribution in [3.63, 3.8) is 0 Å². The Kier molecular flexibility index (Phi) is 2.36. The van der Waals surface area contributed by atoms with Gasteiger partial charge in [-0.15, -0.1) is 0 Å². The predicted octanol–water partition coefficient (Wildman–Crippen LogP) is 2.26. The van der Waals surface area contributed by atoms with Crippen LogP contribution < -0.4 is 9.47 Å². The summed E-state index contributed by atoms with van der Waals surface area (Å²) in [6, 6.07) is 13.2. The number of anilines is 1. The van der Waals surface area contributed by atoms with Gasteiger partial charge in [-0.25, -0.2) is 0 Å². The van der Waals surface area contributed by atoms with Crippen LogP contribution in [0.4, 0.5) is 5.69 Å². The van der Waals surface area contributed by atoms with Crippen molar-refractivity contribution in [1.29, 1.82) is 0 Å². The molecule has 86 valence electrons. The highest BCUT2D eigenvalue weighted by Gasteiger charge is 2.22. The number of aryl methyl sites for hydroxylation is 2. The number of pyridine rings is 1. The third-order valence-corrected chi connectivity index (χ3v) is 3.45. The lowest BCUT2D eigenvalue weighted by atomic mass is 9.96. The highest BCUT2D eigenvalue weighted by atomic mass is 15.1. The van der Waals surface area contributed by atoms with Crippen LogP contribution in [0.1, 0.15) is 5.56 Å². The van der Waals surface area contributed by atoms with Gasteiger partial charge in [-0.05, 0) is 23.8 Å². The fourth-order valence-electron chi connectivity index (χ4n) is 2.46. The molecule has 17 heavy (non-hydrogen) atoms. The summed E-state index contributed by atoms with van der Waals surface area (Å²) in [4.78, 5) is 2.15. The molecule has 0 N–H and O–H groups in total. The topological polar surface area (TPSA) is 7.12 Å². The lowest BCUT2D eigenvalue weighted by Crippen LogP contribution is -2.39. The normalized spacial score (nSPS) is 12.8. The van der Waals surface area contributed by atoms with Crippen molar-refractivity contribution in [1.82, 2.24) is 0 Å². The second-order valence-electron chi connectivity index (χ2n) is 4.77. The number of benzene rings is 1. The molecule has 2 aromatic rings. The molecule has 0 amide bonds. The molecule has 1 aliphatic rings. The predicted molar refractivity (Wildman–Crippen MR) is 70.1 cm³/mol. The molecule has 2 heteroatoms. The smallest absolute Gasteiger partial charge is 0.212 e. The van der Waals surface area contributed by atoms with Crippen LogP contribution in [0, 0.1) is 0 Å². The Morgan fingerprint density at radius 3 is 2.82 bits per heavy atom. The van der Waals surface area contributed by atoms with Crippen molar-refractivity contribution in [2.75, 3.05) is 19.0 Å². The summed E-state index contributed by atoms with van der Waals surface area (Å²) in [5, 5.41) is 0. The Hall–Kier alpha value is -1.83. The van der Waals surface area contributed by atoms with Gasteiger partial charge in [0, 0.05) is 38.3 Å². The van der Waals surface area contributed by atoms with Gasteiger partial charge in [0.1, 0.15) is 0 Å². The standard InChI is InChI=1S/C15H17N2/c1-16(2)13-7-6-12-8-10-17-9-4-3-5-15(17)14(12)11-13/h3-7,9,11H,8,10H2,1-2H3/q+1. The second kappa shape index (κ2) is 3.88. The van der Waals surface area contributed by atoms with Crippen LogP contribution in [0.15, 0.2) is 42.6 Å². The van der Waals surface area contributed by atoms with Crippen molar-refractivity contribution in [3.05, 3.63) is 48.2 Å². The van der Waals surface area contributed by atoms with Gasteiger partial charge < -0.3 is 4.90 Å². The molecule has 2 nitrogen and oxygen atoms in total. The summed E-state index contributed by atoms with van der Waals surface area (Å²) in [6.45, 7) is 1.09. The van der Waals surface area contributed by atoms with E-state index in [1.807, 2.05) is 0 Å². The van der Waals surface area contributed by atoms with Gasteiger partial charge in [-0.2, -0.15) is 4.57 Å². The van der Waals surface area contributed by atoms with E-state index in [2.05, 4.69) is 66.2 Å². The molecule has 0 unspecified atom stereocenters. The number of hydrogen-bond acceptors (Lipinski definition) is 1. The maximum absolute atomic E-state index is 2.34. The maximum atomic E-state index is 2.34. The first-order valence-corrected chi connectivity index (χ1v) is 6.05. The summed E-state index contributed by atoms with van der Waals surface area (Å²) in [7, 11) is 4.17. The fraction of sp³-hybridized carbons (Fsp3) is 0.267. The Labute approximate surface area is 102 Å². The van der Waals surface area contributed by atoms with Gasteiger partial charge in [0.05, 0.1) is 5.56 Å². The summed E-state index contributed by atoms with van der Waals surface area (Å²) >= 11 is 0. The lowest BCUT2D eigenvalue weighted by Gasteiger charge is -2.18. The number of fused-ring (bicyclic) bond motifs is 3. The number of nitrogens with zero attached hydrogens (tertiary/aromatic N) is 2.